The third-order valence-corrected chi connectivity index (χ3v) is 4.91. The van der Waals surface area contributed by atoms with E-state index in [0.717, 1.165) is 25.7 Å². The predicted octanol–water partition coefficient (Wildman–Crippen LogP) is 3.04. The predicted molar refractivity (Wildman–Crippen MR) is 98.1 cm³/mol. The van der Waals surface area contributed by atoms with Crippen molar-refractivity contribution in [3.63, 3.8) is 0 Å². The average Bonchev–Trinajstić information content (AvgIpc) is 2.82. The van der Waals surface area contributed by atoms with Crippen molar-refractivity contribution in [2.75, 3.05) is 0 Å². The SMILES string of the molecule is CCCCCC(O)/C=C/[C@H]1C(O)CC(O)C1C/C=C\CCCC(=O)O. The maximum absolute atomic E-state index is 10.5. The topological polar surface area (TPSA) is 98.0 Å². The highest BCUT2D eigenvalue weighted by Crippen LogP contribution is 2.36. The number of aliphatic carboxylic acids is 1. The largest absolute Gasteiger partial charge is 0.481 e. The van der Waals surface area contributed by atoms with Gasteiger partial charge in [-0.1, -0.05) is 50.5 Å². The minimum absolute atomic E-state index is 0.0650. The first-order valence-electron chi connectivity index (χ1n) is 9.55. The van der Waals surface area contributed by atoms with Gasteiger partial charge in [-0.3, -0.25) is 4.79 Å². The lowest BCUT2D eigenvalue weighted by atomic mass is 9.89. The van der Waals surface area contributed by atoms with Gasteiger partial charge in [0.15, 0.2) is 0 Å². The molecular weight excluding hydrogens is 320 g/mol. The van der Waals surface area contributed by atoms with Gasteiger partial charge in [-0.05, 0) is 31.6 Å². The summed E-state index contributed by atoms with van der Waals surface area (Å²) in [5.41, 5.74) is 0. The Bertz CT molecular complexity index is 432. The standard InChI is InChI=1S/C20H34O5/c1-2-3-6-9-15(21)12-13-17-16(18(22)14-19(17)23)10-7-4-5-8-11-20(24)25/h4,7,12-13,15-19,21-23H,2-3,5-6,8-11,14H2,1H3,(H,24,25)/b7-4-,13-12+/t15?,16?,17-,18?,19?/m1/s1. The molecule has 5 atom stereocenters. The fourth-order valence-electron chi connectivity index (χ4n) is 3.41. The second-order valence-electron chi connectivity index (χ2n) is 7.05. The molecule has 5 heteroatoms. The molecule has 1 saturated carbocycles. The average molecular weight is 354 g/mol. The Morgan fingerprint density at radius 2 is 1.92 bits per heavy atom. The van der Waals surface area contributed by atoms with E-state index < -0.39 is 24.3 Å². The van der Waals surface area contributed by atoms with Crippen molar-refractivity contribution in [3.8, 4) is 0 Å². The summed E-state index contributed by atoms with van der Waals surface area (Å²) in [6, 6.07) is 0. The molecule has 0 aromatic rings. The minimum Gasteiger partial charge on any atom is -0.481 e. The number of carboxylic acids is 1. The normalized spacial score (nSPS) is 28.2. The Labute approximate surface area is 151 Å². The van der Waals surface area contributed by atoms with Crippen molar-refractivity contribution in [1.82, 2.24) is 0 Å². The number of aliphatic hydroxyl groups excluding tert-OH is 3. The first-order chi connectivity index (χ1) is 12.0. The number of allylic oxidation sites excluding steroid dienone is 2. The summed E-state index contributed by atoms with van der Waals surface area (Å²) < 4.78 is 0. The highest BCUT2D eigenvalue weighted by atomic mass is 16.4. The molecule has 1 fully saturated rings. The quantitative estimate of drug-likeness (QED) is 0.319. The van der Waals surface area contributed by atoms with E-state index in [9.17, 15) is 20.1 Å². The number of carboxylic acid groups (broad SMARTS) is 1. The maximum Gasteiger partial charge on any atom is 0.303 e. The van der Waals surface area contributed by atoms with Crippen LogP contribution in [0.2, 0.25) is 0 Å². The molecule has 1 aliphatic rings. The lowest BCUT2D eigenvalue weighted by Gasteiger charge is -2.19. The molecular formula is C20H34O5. The van der Waals surface area contributed by atoms with Crippen molar-refractivity contribution < 1.29 is 25.2 Å². The van der Waals surface area contributed by atoms with Gasteiger partial charge in [0.05, 0.1) is 18.3 Å². The molecule has 0 amide bonds. The Hall–Kier alpha value is -1.17. The third-order valence-electron chi connectivity index (χ3n) is 4.91. The summed E-state index contributed by atoms with van der Waals surface area (Å²) in [5.74, 6) is -1.00. The van der Waals surface area contributed by atoms with E-state index in [1.807, 2.05) is 18.2 Å². The summed E-state index contributed by atoms with van der Waals surface area (Å²) >= 11 is 0. The number of aliphatic hydroxyl groups is 3. The number of rotatable bonds is 12. The van der Waals surface area contributed by atoms with E-state index in [0.29, 0.717) is 25.7 Å². The van der Waals surface area contributed by atoms with Crippen LogP contribution in [0.15, 0.2) is 24.3 Å². The van der Waals surface area contributed by atoms with Gasteiger partial charge in [-0.25, -0.2) is 0 Å². The lowest BCUT2D eigenvalue weighted by Crippen LogP contribution is -2.20. The van der Waals surface area contributed by atoms with Crippen LogP contribution < -0.4 is 0 Å². The Kier molecular flexibility index (Phi) is 10.7. The number of unbranched alkanes of at least 4 members (excludes halogenated alkanes) is 3. The second kappa shape index (κ2) is 12.2. The van der Waals surface area contributed by atoms with Crippen molar-refractivity contribution in [3.05, 3.63) is 24.3 Å². The number of hydrogen-bond donors (Lipinski definition) is 4. The van der Waals surface area contributed by atoms with Crippen LogP contribution in [0.5, 0.6) is 0 Å². The Morgan fingerprint density at radius 1 is 1.16 bits per heavy atom. The van der Waals surface area contributed by atoms with Gasteiger partial charge in [0.2, 0.25) is 0 Å². The zero-order valence-corrected chi connectivity index (χ0v) is 15.3. The molecule has 4 N–H and O–H groups in total. The van der Waals surface area contributed by atoms with E-state index >= 15 is 0 Å². The van der Waals surface area contributed by atoms with Crippen molar-refractivity contribution in [2.45, 2.75) is 83.0 Å². The van der Waals surface area contributed by atoms with Gasteiger partial charge in [-0.15, -0.1) is 0 Å². The second-order valence-corrected chi connectivity index (χ2v) is 7.05. The highest BCUT2D eigenvalue weighted by molar-refractivity contribution is 5.66. The molecule has 1 rings (SSSR count). The molecule has 0 spiro atoms. The van der Waals surface area contributed by atoms with Crippen molar-refractivity contribution in [1.29, 1.82) is 0 Å². The molecule has 25 heavy (non-hydrogen) atoms. The molecule has 0 aromatic heterocycles. The van der Waals surface area contributed by atoms with Crippen LogP contribution in [0.4, 0.5) is 0 Å². The first-order valence-corrected chi connectivity index (χ1v) is 9.55. The maximum atomic E-state index is 10.5. The molecule has 1 aliphatic carbocycles. The van der Waals surface area contributed by atoms with Crippen LogP contribution >= 0.6 is 0 Å². The molecule has 144 valence electrons. The zero-order chi connectivity index (χ0) is 18.7. The van der Waals surface area contributed by atoms with Gasteiger partial charge < -0.3 is 20.4 Å². The Balaban J connectivity index is 2.46. The van der Waals surface area contributed by atoms with E-state index in [-0.39, 0.29) is 18.3 Å². The van der Waals surface area contributed by atoms with Crippen LogP contribution in [0, 0.1) is 11.8 Å². The fraction of sp³-hybridized carbons (Fsp3) is 0.750. The summed E-state index contributed by atoms with van der Waals surface area (Å²) in [6.45, 7) is 2.12. The summed E-state index contributed by atoms with van der Waals surface area (Å²) in [7, 11) is 0. The van der Waals surface area contributed by atoms with E-state index in [4.69, 9.17) is 5.11 Å². The third kappa shape index (κ3) is 8.66. The number of hydrogen-bond acceptors (Lipinski definition) is 4. The van der Waals surface area contributed by atoms with Crippen LogP contribution in [-0.4, -0.2) is 44.7 Å². The molecule has 0 saturated heterocycles. The number of carbonyl (C=O) groups is 1. The molecule has 5 nitrogen and oxygen atoms in total. The molecule has 0 aromatic carbocycles. The van der Waals surface area contributed by atoms with Crippen LogP contribution in [-0.2, 0) is 4.79 Å². The van der Waals surface area contributed by atoms with E-state index in [1.54, 1.807) is 6.08 Å². The molecule has 0 aliphatic heterocycles. The van der Waals surface area contributed by atoms with E-state index in [2.05, 4.69) is 6.92 Å². The van der Waals surface area contributed by atoms with Crippen LogP contribution in [0.25, 0.3) is 0 Å². The van der Waals surface area contributed by atoms with Gasteiger partial charge in [0.1, 0.15) is 0 Å². The smallest absolute Gasteiger partial charge is 0.303 e. The fourth-order valence-corrected chi connectivity index (χ4v) is 3.41. The summed E-state index contributed by atoms with van der Waals surface area (Å²) in [4.78, 5) is 10.5. The monoisotopic (exact) mass is 354 g/mol. The summed E-state index contributed by atoms with van der Waals surface area (Å²) in [5, 5.41) is 39.0. The van der Waals surface area contributed by atoms with Gasteiger partial charge in [-0.2, -0.15) is 0 Å². The Morgan fingerprint density at radius 3 is 2.60 bits per heavy atom. The van der Waals surface area contributed by atoms with Crippen LogP contribution in [0.3, 0.4) is 0 Å². The molecule has 0 bridgehead atoms. The lowest BCUT2D eigenvalue weighted by molar-refractivity contribution is -0.137. The molecule has 4 unspecified atom stereocenters. The minimum atomic E-state index is -0.787. The van der Waals surface area contributed by atoms with Gasteiger partial charge in [0, 0.05) is 18.8 Å². The van der Waals surface area contributed by atoms with E-state index in [1.165, 1.54) is 0 Å². The van der Waals surface area contributed by atoms with Crippen molar-refractivity contribution >= 4 is 5.97 Å². The van der Waals surface area contributed by atoms with Crippen molar-refractivity contribution in [2.24, 2.45) is 11.8 Å². The zero-order valence-electron chi connectivity index (χ0n) is 15.3. The van der Waals surface area contributed by atoms with Gasteiger partial charge >= 0.3 is 5.97 Å². The van der Waals surface area contributed by atoms with Gasteiger partial charge in [0.25, 0.3) is 0 Å². The first kappa shape index (κ1) is 21.9. The van der Waals surface area contributed by atoms with Crippen LogP contribution in [0.1, 0.15) is 64.7 Å². The summed E-state index contributed by atoms with van der Waals surface area (Å²) in [6.07, 6.45) is 12.3. The highest BCUT2D eigenvalue weighted by Gasteiger charge is 2.39. The molecule has 0 radical (unpaired) electrons. The molecule has 0 heterocycles.